The molecule has 0 radical (unpaired) electrons. The molecule has 6 nitrogen and oxygen atoms in total. The number of nitrogens with zero attached hydrogens (tertiary/aromatic N) is 2. The van der Waals surface area contributed by atoms with Crippen LogP contribution in [-0.2, 0) is 4.74 Å². The third-order valence-electron chi connectivity index (χ3n) is 2.88. The van der Waals surface area contributed by atoms with E-state index in [4.69, 9.17) is 15.2 Å². The number of pyridine rings is 1. The van der Waals surface area contributed by atoms with Crippen LogP contribution in [0.1, 0.15) is 27.2 Å². The molecule has 110 valence electrons. The molecule has 0 aliphatic carbocycles. The molecule has 2 heterocycles. The standard InChI is InChI=1S/C14H21N3O3/c1-14(2,3)20-13(18)17-8-6-10(9-17)19-12-11(15)5-4-7-16-12/h4-5,7,10H,6,8-9,15H2,1-3H3. The largest absolute Gasteiger partial charge is 0.471 e. The number of amides is 1. The Hall–Kier alpha value is -1.98. The minimum atomic E-state index is -0.485. The fraction of sp³-hybridized carbons (Fsp3) is 0.571. The fourth-order valence-electron chi connectivity index (χ4n) is 1.98. The van der Waals surface area contributed by atoms with Crippen molar-refractivity contribution in [3.63, 3.8) is 0 Å². The van der Waals surface area contributed by atoms with Crippen molar-refractivity contribution in [1.29, 1.82) is 0 Å². The molecule has 1 aromatic heterocycles. The van der Waals surface area contributed by atoms with Crippen LogP contribution in [0.25, 0.3) is 0 Å². The van der Waals surface area contributed by atoms with E-state index in [1.54, 1.807) is 23.2 Å². The Morgan fingerprint density at radius 2 is 2.25 bits per heavy atom. The first-order valence-electron chi connectivity index (χ1n) is 6.70. The van der Waals surface area contributed by atoms with Gasteiger partial charge in [0.2, 0.25) is 5.88 Å². The molecule has 6 heteroatoms. The Morgan fingerprint density at radius 1 is 1.50 bits per heavy atom. The summed E-state index contributed by atoms with van der Waals surface area (Å²) in [4.78, 5) is 17.7. The Balaban J connectivity index is 1.90. The fourth-order valence-corrected chi connectivity index (χ4v) is 1.98. The third-order valence-corrected chi connectivity index (χ3v) is 2.88. The van der Waals surface area contributed by atoms with E-state index in [2.05, 4.69) is 4.98 Å². The van der Waals surface area contributed by atoms with Gasteiger partial charge in [0.05, 0.1) is 12.2 Å². The summed E-state index contributed by atoms with van der Waals surface area (Å²) in [6.45, 7) is 6.66. The Kier molecular flexibility index (Phi) is 4.01. The van der Waals surface area contributed by atoms with Crippen molar-refractivity contribution < 1.29 is 14.3 Å². The molecule has 20 heavy (non-hydrogen) atoms. The summed E-state index contributed by atoms with van der Waals surface area (Å²) >= 11 is 0. The van der Waals surface area contributed by atoms with Crippen LogP contribution in [0.15, 0.2) is 18.3 Å². The smallest absolute Gasteiger partial charge is 0.410 e. The van der Waals surface area contributed by atoms with Gasteiger partial charge in [-0.15, -0.1) is 0 Å². The maximum Gasteiger partial charge on any atom is 0.410 e. The molecule has 1 atom stereocenters. The Bertz CT molecular complexity index is 485. The van der Waals surface area contributed by atoms with Crippen molar-refractivity contribution >= 4 is 11.8 Å². The number of nitrogen functional groups attached to an aromatic ring is 1. The maximum absolute atomic E-state index is 11.9. The Morgan fingerprint density at radius 3 is 2.90 bits per heavy atom. The molecule has 1 aromatic rings. The highest BCUT2D eigenvalue weighted by Crippen LogP contribution is 2.22. The lowest BCUT2D eigenvalue weighted by molar-refractivity contribution is 0.0275. The molecule has 1 aliphatic rings. The van der Waals surface area contributed by atoms with E-state index in [1.807, 2.05) is 20.8 Å². The van der Waals surface area contributed by atoms with Crippen molar-refractivity contribution in [2.24, 2.45) is 0 Å². The van der Waals surface area contributed by atoms with E-state index in [0.717, 1.165) is 6.42 Å². The molecule has 0 spiro atoms. The number of nitrogens with two attached hydrogens (primary N) is 1. The molecular formula is C14H21N3O3. The second kappa shape index (κ2) is 5.56. The second-order valence-corrected chi connectivity index (χ2v) is 5.85. The summed E-state index contributed by atoms with van der Waals surface area (Å²) < 4.78 is 11.1. The summed E-state index contributed by atoms with van der Waals surface area (Å²) in [5.41, 5.74) is 5.80. The molecule has 0 saturated carbocycles. The van der Waals surface area contributed by atoms with E-state index in [1.165, 1.54) is 0 Å². The van der Waals surface area contributed by atoms with Gasteiger partial charge in [-0.25, -0.2) is 9.78 Å². The molecule has 1 amide bonds. The average molecular weight is 279 g/mol. The van der Waals surface area contributed by atoms with Gasteiger partial charge in [-0.2, -0.15) is 0 Å². The number of rotatable bonds is 2. The highest BCUT2D eigenvalue weighted by Gasteiger charge is 2.31. The molecule has 1 fully saturated rings. The molecule has 2 N–H and O–H groups in total. The van der Waals surface area contributed by atoms with Crippen LogP contribution in [-0.4, -0.2) is 40.8 Å². The normalized spacial score (nSPS) is 18.9. The van der Waals surface area contributed by atoms with Crippen LogP contribution >= 0.6 is 0 Å². The second-order valence-electron chi connectivity index (χ2n) is 5.85. The minimum Gasteiger partial charge on any atom is -0.471 e. The molecule has 0 bridgehead atoms. The molecule has 1 unspecified atom stereocenters. The lowest BCUT2D eigenvalue weighted by Crippen LogP contribution is -2.36. The van der Waals surface area contributed by atoms with Crippen molar-refractivity contribution in [2.75, 3.05) is 18.8 Å². The van der Waals surface area contributed by atoms with Gasteiger partial charge in [0, 0.05) is 19.2 Å². The van der Waals surface area contributed by atoms with Crippen LogP contribution in [0.4, 0.5) is 10.5 Å². The summed E-state index contributed by atoms with van der Waals surface area (Å²) in [6, 6.07) is 3.49. The lowest BCUT2D eigenvalue weighted by atomic mass is 10.2. The van der Waals surface area contributed by atoms with Gasteiger partial charge in [0.25, 0.3) is 0 Å². The van der Waals surface area contributed by atoms with Crippen LogP contribution in [0, 0.1) is 0 Å². The predicted octanol–water partition coefficient (Wildman–Crippen LogP) is 2.05. The number of hydrogen-bond donors (Lipinski definition) is 1. The quantitative estimate of drug-likeness (QED) is 0.896. The zero-order valence-electron chi connectivity index (χ0n) is 12.1. The summed E-state index contributed by atoms with van der Waals surface area (Å²) in [6.07, 6.45) is 1.97. The van der Waals surface area contributed by atoms with Crippen LogP contribution in [0.3, 0.4) is 0 Å². The van der Waals surface area contributed by atoms with Gasteiger partial charge >= 0.3 is 6.09 Å². The predicted molar refractivity (Wildman–Crippen MR) is 75.5 cm³/mol. The van der Waals surface area contributed by atoms with Crippen molar-refractivity contribution in [3.05, 3.63) is 18.3 Å². The van der Waals surface area contributed by atoms with Crippen molar-refractivity contribution in [3.8, 4) is 5.88 Å². The number of anilines is 1. The topological polar surface area (TPSA) is 77.7 Å². The van der Waals surface area contributed by atoms with Gasteiger partial charge in [-0.05, 0) is 32.9 Å². The molecule has 2 rings (SSSR count). The molecule has 1 aliphatic heterocycles. The van der Waals surface area contributed by atoms with Crippen LogP contribution in [0.5, 0.6) is 5.88 Å². The first kappa shape index (κ1) is 14.4. The highest BCUT2D eigenvalue weighted by molar-refractivity contribution is 5.68. The summed E-state index contributed by atoms with van der Waals surface area (Å²) in [5.74, 6) is 0.420. The lowest BCUT2D eigenvalue weighted by Gasteiger charge is -2.24. The highest BCUT2D eigenvalue weighted by atomic mass is 16.6. The van der Waals surface area contributed by atoms with Gasteiger partial charge in [0.15, 0.2) is 0 Å². The first-order chi connectivity index (χ1) is 9.35. The van der Waals surface area contributed by atoms with E-state index in [0.29, 0.717) is 24.7 Å². The number of aromatic nitrogens is 1. The van der Waals surface area contributed by atoms with E-state index in [-0.39, 0.29) is 12.2 Å². The Labute approximate surface area is 118 Å². The number of carbonyl (C=O) groups is 1. The monoisotopic (exact) mass is 279 g/mol. The third kappa shape index (κ3) is 3.76. The van der Waals surface area contributed by atoms with Gasteiger partial charge < -0.3 is 20.1 Å². The average Bonchev–Trinajstić information content (AvgIpc) is 2.79. The summed E-state index contributed by atoms with van der Waals surface area (Å²) in [5, 5.41) is 0. The number of ether oxygens (including phenoxy) is 2. The number of likely N-dealkylation sites (tertiary alicyclic amines) is 1. The number of carbonyl (C=O) groups excluding carboxylic acids is 1. The molecule has 1 saturated heterocycles. The van der Waals surface area contributed by atoms with Crippen LogP contribution in [0.2, 0.25) is 0 Å². The number of hydrogen-bond acceptors (Lipinski definition) is 5. The first-order valence-corrected chi connectivity index (χ1v) is 6.70. The zero-order chi connectivity index (χ0) is 14.8. The molecule has 0 aromatic carbocycles. The van der Waals surface area contributed by atoms with Gasteiger partial charge in [-0.1, -0.05) is 0 Å². The molecular weight excluding hydrogens is 258 g/mol. The van der Waals surface area contributed by atoms with E-state index >= 15 is 0 Å². The zero-order valence-corrected chi connectivity index (χ0v) is 12.1. The maximum atomic E-state index is 11.9. The van der Waals surface area contributed by atoms with Crippen molar-refractivity contribution in [1.82, 2.24) is 9.88 Å². The van der Waals surface area contributed by atoms with Crippen molar-refractivity contribution in [2.45, 2.75) is 38.9 Å². The minimum absolute atomic E-state index is 0.0975. The summed E-state index contributed by atoms with van der Waals surface area (Å²) in [7, 11) is 0. The SMILES string of the molecule is CC(C)(C)OC(=O)N1CCC(Oc2ncccc2N)C1. The van der Waals surface area contributed by atoms with E-state index < -0.39 is 5.60 Å². The van der Waals surface area contributed by atoms with Gasteiger partial charge in [0.1, 0.15) is 11.7 Å². The van der Waals surface area contributed by atoms with Gasteiger partial charge in [-0.3, -0.25) is 0 Å². The van der Waals surface area contributed by atoms with Crippen LogP contribution < -0.4 is 10.5 Å². The van der Waals surface area contributed by atoms with E-state index in [9.17, 15) is 4.79 Å².